The van der Waals surface area contributed by atoms with Crippen molar-refractivity contribution in [2.45, 2.75) is 110 Å². The van der Waals surface area contributed by atoms with Gasteiger partial charge in [-0.3, -0.25) is 0 Å². The number of rotatable bonds is 2. The molecule has 2 fully saturated rings. The molecule has 1 amide bonds. The zero-order valence-electron chi connectivity index (χ0n) is 26.9. The Hall–Kier alpha value is -2.40. The molecule has 0 spiro atoms. The standard InChI is InChI=1S/C20H29NO3.C16H22O.ClH/c1-13-8-9-14-12-17-15(11-16(14)18(13)23-5)7-6-10-21(17)19(22)24-20(2,3)4;1-11-7-8-14-9-12-5-3-4-6-13(12)10-15(14)16(11)17-2;/h8-9,15,17H,6-7,10-12H2,1-5H3;7-8,12-13H,3-6,9-10H2,1-2H3;1H/t15-,17-;12-,13-;/m00./s1. The molecule has 1 saturated carbocycles. The maximum atomic E-state index is 12.6. The van der Waals surface area contributed by atoms with Crippen LogP contribution in [0.1, 0.15) is 92.7 Å². The van der Waals surface area contributed by atoms with E-state index in [0.29, 0.717) is 5.92 Å². The van der Waals surface area contributed by atoms with Gasteiger partial charge in [-0.2, -0.15) is 0 Å². The number of fused-ring (bicyclic) bond motifs is 4. The fourth-order valence-corrected chi connectivity index (χ4v) is 8.02. The van der Waals surface area contributed by atoms with Crippen LogP contribution in [0.2, 0.25) is 0 Å². The molecule has 232 valence electrons. The van der Waals surface area contributed by atoms with Crippen LogP contribution in [0.15, 0.2) is 24.3 Å². The highest BCUT2D eigenvalue weighted by Gasteiger charge is 2.40. The number of amides is 1. The van der Waals surface area contributed by atoms with Crippen LogP contribution in [-0.2, 0) is 30.4 Å². The second-order valence-corrected chi connectivity index (χ2v) is 13.9. The second kappa shape index (κ2) is 13.5. The fraction of sp³-hybridized carbons (Fsp3) is 0.639. The summed E-state index contributed by atoms with van der Waals surface area (Å²) in [5.41, 5.74) is 7.75. The van der Waals surface area contributed by atoms with E-state index in [1.807, 2.05) is 32.8 Å². The third-order valence-electron chi connectivity index (χ3n) is 9.97. The van der Waals surface area contributed by atoms with Crippen LogP contribution in [-0.4, -0.2) is 43.4 Å². The molecule has 0 unspecified atom stereocenters. The fourth-order valence-electron chi connectivity index (χ4n) is 8.02. The number of halogens is 1. The summed E-state index contributed by atoms with van der Waals surface area (Å²) in [5.74, 6) is 4.55. The number of hydrogen-bond acceptors (Lipinski definition) is 4. The summed E-state index contributed by atoms with van der Waals surface area (Å²) >= 11 is 0. The van der Waals surface area contributed by atoms with E-state index in [9.17, 15) is 4.79 Å². The SMILES string of the molecule is COc1c(C)ccc2c1C[C@@H]1CCCC[C@H]1C2.COc1c(C)ccc2c1C[C@@H]1CCCN(C(=O)OC(C)(C)C)[C@H]1C2.Cl. The molecule has 6 rings (SSSR count). The molecule has 6 heteroatoms. The summed E-state index contributed by atoms with van der Waals surface area (Å²) in [5, 5.41) is 0. The zero-order valence-corrected chi connectivity index (χ0v) is 27.7. The van der Waals surface area contributed by atoms with Gasteiger partial charge >= 0.3 is 6.09 Å². The Bertz CT molecular complexity index is 1250. The molecule has 5 nitrogen and oxygen atoms in total. The number of hydrogen-bond donors (Lipinski definition) is 0. The first-order chi connectivity index (χ1) is 19.6. The molecule has 3 aliphatic carbocycles. The second-order valence-electron chi connectivity index (χ2n) is 13.9. The van der Waals surface area contributed by atoms with Crippen molar-refractivity contribution in [3.8, 4) is 11.5 Å². The van der Waals surface area contributed by atoms with E-state index >= 15 is 0 Å². The predicted octanol–water partition coefficient (Wildman–Crippen LogP) is 8.45. The van der Waals surface area contributed by atoms with Crippen LogP contribution in [0.5, 0.6) is 11.5 Å². The lowest BCUT2D eigenvalue weighted by Gasteiger charge is -2.45. The Balaban J connectivity index is 0.000000198. The van der Waals surface area contributed by atoms with Crippen LogP contribution in [0.3, 0.4) is 0 Å². The molecule has 1 aliphatic heterocycles. The predicted molar refractivity (Wildman–Crippen MR) is 172 cm³/mol. The lowest BCUT2D eigenvalue weighted by atomic mass is 9.68. The smallest absolute Gasteiger partial charge is 0.410 e. The van der Waals surface area contributed by atoms with E-state index in [2.05, 4.69) is 38.1 Å². The Morgan fingerprint density at radius 3 is 1.79 bits per heavy atom. The molecular weight excluding hydrogens is 546 g/mol. The number of aryl methyl sites for hydroxylation is 2. The minimum absolute atomic E-state index is 0. The van der Waals surface area contributed by atoms with E-state index in [1.165, 1.54) is 72.8 Å². The van der Waals surface area contributed by atoms with Crippen molar-refractivity contribution in [3.05, 3.63) is 57.6 Å². The molecule has 4 aliphatic rings. The number of nitrogens with zero attached hydrogens (tertiary/aromatic N) is 1. The highest BCUT2D eigenvalue weighted by atomic mass is 35.5. The molecule has 0 aromatic heterocycles. The first-order valence-electron chi connectivity index (χ1n) is 15.9. The zero-order chi connectivity index (χ0) is 29.3. The Labute approximate surface area is 260 Å². The monoisotopic (exact) mass is 597 g/mol. The summed E-state index contributed by atoms with van der Waals surface area (Å²) < 4.78 is 16.9. The Morgan fingerprint density at radius 1 is 0.738 bits per heavy atom. The van der Waals surface area contributed by atoms with Crippen molar-refractivity contribution in [1.29, 1.82) is 0 Å². The average Bonchev–Trinajstić information content (AvgIpc) is 2.94. The summed E-state index contributed by atoms with van der Waals surface area (Å²) in [4.78, 5) is 14.6. The van der Waals surface area contributed by atoms with Crippen molar-refractivity contribution in [2.24, 2.45) is 17.8 Å². The number of methoxy groups -OCH3 is 2. The highest BCUT2D eigenvalue weighted by Crippen LogP contribution is 2.43. The van der Waals surface area contributed by atoms with Crippen molar-refractivity contribution in [3.63, 3.8) is 0 Å². The lowest BCUT2D eigenvalue weighted by molar-refractivity contribution is -0.00143. The van der Waals surface area contributed by atoms with Gasteiger partial charge in [0.25, 0.3) is 0 Å². The summed E-state index contributed by atoms with van der Waals surface area (Å²) in [6.45, 7) is 10.8. The largest absolute Gasteiger partial charge is 0.496 e. The van der Waals surface area contributed by atoms with Gasteiger partial charge in [0.05, 0.1) is 14.2 Å². The van der Waals surface area contributed by atoms with E-state index in [4.69, 9.17) is 14.2 Å². The number of likely N-dealkylation sites (tertiary alicyclic amines) is 1. The highest BCUT2D eigenvalue weighted by molar-refractivity contribution is 5.85. The van der Waals surface area contributed by atoms with Gasteiger partial charge in [-0.05, 0) is 137 Å². The van der Waals surface area contributed by atoms with E-state index in [1.54, 1.807) is 12.7 Å². The summed E-state index contributed by atoms with van der Waals surface area (Å²) in [7, 11) is 3.57. The maximum Gasteiger partial charge on any atom is 0.410 e. The molecule has 2 aromatic rings. The molecule has 0 radical (unpaired) electrons. The first-order valence-corrected chi connectivity index (χ1v) is 15.9. The number of ether oxygens (including phenoxy) is 3. The lowest BCUT2D eigenvalue weighted by Crippen LogP contribution is -2.53. The first kappa shape index (κ1) is 32.5. The molecule has 1 saturated heterocycles. The van der Waals surface area contributed by atoms with Crippen molar-refractivity contribution < 1.29 is 19.0 Å². The normalized spacial score (nSPS) is 24.3. The van der Waals surface area contributed by atoms with Crippen molar-refractivity contribution >= 4 is 18.5 Å². The summed E-state index contributed by atoms with van der Waals surface area (Å²) in [6, 6.07) is 9.12. The third kappa shape index (κ3) is 6.87. The molecule has 1 heterocycles. The van der Waals surface area contributed by atoms with Gasteiger partial charge in [-0.25, -0.2) is 4.79 Å². The number of carbonyl (C=O) groups is 1. The Morgan fingerprint density at radius 2 is 1.24 bits per heavy atom. The molecule has 4 atom stereocenters. The van der Waals surface area contributed by atoms with Crippen LogP contribution >= 0.6 is 12.4 Å². The van der Waals surface area contributed by atoms with Gasteiger partial charge in [-0.15, -0.1) is 12.4 Å². The Kier molecular flexibility index (Phi) is 10.4. The van der Waals surface area contributed by atoms with Crippen LogP contribution in [0.4, 0.5) is 4.79 Å². The third-order valence-corrected chi connectivity index (χ3v) is 9.97. The molecule has 42 heavy (non-hydrogen) atoms. The van der Waals surface area contributed by atoms with Gasteiger partial charge in [-0.1, -0.05) is 37.1 Å². The van der Waals surface area contributed by atoms with Crippen molar-refractivity contribution in [1.82, 2.24) is 4.90 Å². The topological polar surface area (TPSA) is 48.0 Å². The van der Waals surface area contributed by atoms with Gasteiger partial charge in [0, 0.05) is 12.6 Å². The van der Waals surface area contributed by atoms with Gasteiger partial charge in [0.15, 0.2) is 0 Å². The minimum atomic E-state index is -0.447. The molecule has 0 N–H and O–H groups in total. The maximum absolute atomic E-state index is 12.6. The number of piperidine rings is 1. The average molecular weight is 598 g/mol. The molecule has 2 aromatic carbocycles. The van der Waals surface area contributed by atoms with Gasteiger partial charge in [0.2, 0.25) is 0 Å². The van der Waals surface area contributed by atoms with Gasteiger partial charge in [0.1, 0.15) is 17.1 Å². The summed E-state index contributed by atoms with van der Waals surface area (Å²) in [6.07, 6.45) is 12.2. The van der Waals surface area contributed by atoms with Crippen molar-refractivity contribution in [2.75, 3.05) is 20.8 Å². The van der Waals surface area contributed by atoms with Crippen LogP contribution < -0.4 is 9.47 Å². The van der Waals surface area contributed by atoms with E-state index in [-0.39, 0.29) is 24.5 Å². The molecular formula is C36H52ClNO4. The number of benzene rings is 2. The molecule has 0 bridgehead atoms. The minimum Gasteiger partial charge on any atom is -0.496 e. The quantitative estimate of drug-likeness (QED) is 0.348. The van der Waals surface area contributed by atoms with E-state index in [0.717, 1.165) is 49.1 Å². The number of carbonyl (C=O) groups excluding carboxylic acids is 1. The van der Waals surface area contributed by atoms with Crippen LogP contribution in [0.25, 0.3) is 0 Å². The van der Waals surface area contributed by atoms with E-state index < -0.39 is 5.60 Å². The van der Waals surface area contributed by atoms with Crippen LogP contribution in [0, 0.1) is 31.6 Å². The van der Waals surface area contributed by atoms with Gasteiger partial charge < -0.3 is 19.1 Å².